The van der Waals surface area contributed by atoms with Gasteiger partial charge >= 0.3 is 0 Å². The second-order valence-corrected chi connectivity index (χ2v) is 3.87. The van der Waals surface area contributed by atoms with Crippen LogP contribution in [0.2, 0.25) is 0 Å². The van der Waals surface area contributed by atoms with Crippen molar-refractivity contribution in [1.29, 1.82) is 0 Å². The van der Waals surface area contributed by atoms with Gasteiger partial charge in [-0.2, -0.15) is 0 Å². The molecule has 0 spiro atoms. The van der Waals surface area contributed by atoms with Gasteiger partial charge in [-0.15, -0.1) is 16.4 Å². The summed E-state index contributed by atoms with van der Waals surface area (Å²) in [7, 11) is 1.84. The fourth-order valence-corrected chi connectivity index (χ4v) is 1.76. The zero-order valence-electron chi connectivity index (χ0n) is 7.14. The first-order valence-corrected chi connectivity index (χ1v) is 4.61. The summed E-state index contributed by atoms with van der Waals surface area (Å²) in [5.41, 5.74) is 6.44. The quantitative estimate of drug-likeness (QED) is 0.755. The van der Waals surface area contributed by atoms with Crippen LogP contribution in [0, 0.1) is 0 Å². The van der Waals surface area contributed by atoms with Gasteiger partial charge in [0.25, 0.3) is 0 Å². The van der Waals surface area contributed by atoms with Crippen LogP contribution < -0.4 is 5.73 Å². The van der Waals surface area contributed by atoms with Gasteiger partial charge in [0.1, 0.15) is 0 Å². The Morgan fingerprint density at radius 2 is 2.46 bits per heavy atom. The number of thiazole rings is 1. The van der Waals surface area contributed by atoms with Crippen LogP contribution in [0.5, 0.6) is 0 Å². The summed E-state index contributed by atoms with van der Waals surface area (Å²) in [6.07, 6.45) is 4.41. The molecule has 13 heavy (non-hydrogen) atoms. The Hall–Kier alpha value is -1.43. The van der Waals surface area contributed by atoms with E-state index >= 15 is 0 Å². The van der Waals surface area contributed by atoms with E-state index in [2.05, 4.69) is 15.3 Å². The van der Waals surface area contributed by atoms with Gasteiger partial charge in [0.15, 0.2) is 5.13 Å². The van der Waals surface area contributed by atoms with E-state index in [9.17, 15) is 0 Å². The van der Waals surface area contributed by atoms with E-state index in [4.69, 9.17) is 5.73 Å². The van der Waals surface area contributed by atoms with Crippen LogP contribution in [0.4, 0.5) is 5.13 Å². The van der Waals surface area contributed by atoms with Crippen molar-refractivity contribution in [3.8, 4) is 0 Å². The maximum Gasteiger partial charge on any atom is 0.180 e. The highest BCUT2D eigenvalue weighted by Gasteiger charge is 2.03. The number of hydrogen-bond donors (Lipinski definition) is 1. The normalized spacial score (nSPS) is 10.5. The van der Waals surface area contributed by atoms with Crippen molar-refractivity contribution in [3.05, 3.63) is 23.0 Å². The molecule has 0 aliphatic heterocycles. The van der Waals surface area contributed by atoms with Crippen molar-refractivity contribution in [1.82, 2.24) is 20.0 Å². The summed E-state index contributed by atoms with van der Waals surface area (Å²) in [6.45, 7) is 0. The predicted octanol–water partition coefficient (Wildman–Crippen LogP) is 0.445. The van der Waals surface area contributed by atoms with Crippen molar-refractivity contribution in [2.75, 3.05) is 5.73 Å². The molecule has 0 atom stereocenters. The predicted molar refractivity (Wildman–Crippen MR) is 50.3 cm³/mol. The van der Waals surface area contributed by atoms with Gasteiger partial charge in [-0.05, 0) is 0 Å². The Balaban J connectivity index is 2.14. The molecule has 0 saturated heterocycles. The molecule has 2 aromatic heterocycles. The zero-order chi connectivity index (χ0) is 9.26. The van der Waals surface area contributed by atoms with Crippen molar-refractivity contribution in [2.24, 2.45) is 7.05 Å². The molecular weight excluding hydrogens is 186 g/mol. The van der Waals surface area contributed by atoms with E-state index in [1.54, 1.807) is 10.9 Å². The fourth-order valence-electron chi connectivity index (χ4n) is 1.06. The summed E-state index contributed by atoms with van der Waals surface area (Å²) >= 11 is 1.48. The third-order valence-electron chi connectivity index (χ3n) is 1.58. The van der Waals surface area contributed by atoms with E-state index in [1.807, 2.05) is 13.2 Å². The third-order valence-corrected chi connectivity index (χ3v) is 2.40. The summed E-state index contributed by atoms with van der Waals surface area (Å²) < 4.78 is 1.68. The van der Waals surface area contributed by atoms with E-state index in [1.165, 1.54) is 11.3 Å². The molecule has 0 bridgehead atoms. The van der Waals surface area contributed by atoms with E-state index in [-0.39, 0.29) is 0 Å². The standard InChI is InChI=1S/C7H9N5S/c1-12-4-5(10-11-12)2-6-3-9-7(8)13-6/h3-4H,2H2,1H3,(H2,8,9). The van der Waals surface area contributed by atoms with Crippen LogP contribution in [-0.2, 0) is 13.5 Å². The first kappa shape index (κ1) is 8.18. The van der Waals surface area contributed by atoms with Gasteiger partial charge in [0.2, 0.25) is 0 Å². The Bertz CT molecular complexity index is 366. The van der Waals surface area contributed by atoms with Crippen molar-refractivity contribution < 1.29 is 0 Å². The maximum atomic E-state index is 5.50. The van der Waals surface area contributed by atoms with Crippen molar-refractivity contribution in [2.45, 2.75) is 6.42 Å². The number of anilines is 1. The molecule has 2 rings (SSSR count). The molecule has 2 aromatic rings. The average Bonchev–Trinajstić information content (AvgIpc) is 2.62. The number of nitrogens with two attached hydrogens (primary N) is 1. The molecule has 5 nitrogen and oxygen atoms in total. The van der Waals surface area contributed by atoms with Crippen LogP contribution in [0.25, 0.3) is 0 Å². The molecule has 0 aliphatic carbocycles. The molecule has 0 amide bonds. The SMILES string of the molecule is Cn1cc(Cc2cnc(N)s2)nn1. The molecule has 0 aromatic carbocycles. The largest absolute Gasteiger partial charge is 0.375 e. The van der Waals surface area contributed by atoms with Crippen LogP contribution in [-0.4, -0.2) is 20.0 Å². The highest BCUT2D eigenvalue weighted by molar-refractivity contribution is 7.15. The van der Waals surface area contributed by atoms with Gasteiger partial charge in [-0.1, -0.05) is 5.21 Å². The lowest BCUT2D eigenvalue weighted by molar-refractivity contribution is 0.713. The molecule has 2 N–H and O–H groups in total. The number of hydrogen-bond acceptors (Lipinski definition) is 5. The topological polar surface area (TPSA) is 69.6 Å². The second-order valence-electron chi connectivity index (χ2n) is 2.73. The van der Waals surface area contributed by atoms with Crippen molar-refractivity contribution >= 4 is 16.5 Å². The van der Waals surface area contributed by atoms with E-state index in [0.29, 0.717) is 5.13 Å². The highest BCUT2D eigenvalue weighted by Crippen LogP contribution is 2.16. The lowest BCUT2D eigenvalue weighted by Crippen LogP contribution is -1.85. The minimum absolute atomic E-state index is 0.596. The maximum absolute atomic E-state index is 5.50. The summed E-state index contributed by atoms with van der Waals surface area (Å²) in [4.78, 5) is 5.07. The Morgan fingerprint density at radius 1 is 1.62 bits per heavy atom. The molecule has 6 heteroatoms. The number of rotatable bonds is 2. The molecule has 68 valence electrons. The summed E-state index contributed by atoms with van der Waals surface area (Å²) in [6, 6.07) is 0. The Labute approximate surface area is 79.2 Å². The zero-order valence-corrected chi connectivity index (χ0v) is 7.95. The number of aryl methyl sites for hydroxylation is 1. The van der Waals surface area contributed by atoms with Gasteiger partial charge < -0.3 is 5.73 Å². The average molecular weight is 195 g/mol. The van der Waals surface area contributed by atoms with E-state index < -0.39 is 0 Å². The van der Waals surface area contributed by atoms with Gasteiger partial charge in [-0.3, -0.25) is 4.68 Å². The lowest BCUT2D eigenvalue weighted by Gasteiger charge is -1.87. The monoisotopic (exact) mass is 195 g/mol. The first-order chi connectivity index (χ1) is 6.24. The third kappa shape index (κ3) is 1.83. The number of aromatic nitrogens is 4. The van der Waals surface area contributed by atoms with Gasteiger partial charge in [0, 0.05) is 30.7 Å². The van der Waals surface area contributed by atoms with Crippen LogP contribution in [0.1, 0.15) is 10.6 Å². The molecule has 0 unspecified atom stereocenters. The molecule has 0 radical (unpaired) electrons. The smallest absolute Gasteiger partial charge is 0.180 e. The Kier molecular flexibility index (Phi) is 1.97. The minimum Gasteiger partial charge on any atom is -0.375 e. The molecule has 0 aliphatic rings. The van der Waals surface area contributed by atoms with Gasteiger partial charge in [0.05, 0.1) is 5.69 Å². The molecule has 2 heterocycles. The lowest BCUT2D eigenvalue weighted by atomic mass is 10.3. The molecular formula is C7H9N5S. The summed E-state index contributed by atoms with van der Waals surface area (Å²) in [5, 5.41) is 8.41. The molecule has 0 fully saturated rings. The van der Waals surface area contributed by atoms with E-state index in [0.717, 1.165) is 17.0 Å². The summed E-state index contributed by atoms with van der Waals surface area (Å²) in [5.74, 6) is 0. The fraction of sp³-hybridized carbons (Fsp3) is 0.286. The second kappa shape index (κ2) is 3.14. The minimum atomic E-state index is 0.596. The van der Waals surface area contributed by atoms with Gasteiger partial charge in [-0.25, -0.2) is 4.98 Å². The Morgan fingerprint density at radius 3 is 3.00 bits per heavy atom. The molecule has 0 saturated carbocycles. The van der Waals surface area contributed by atoms with Crippen molar-refractivity contribution in [3.63, 3.8) is 0 Å². The van der Waals surface area contributed by atoms with Crippen LogP contribution >= 0.6 is 11.3 Å². The highest BCUT2D eigenvalue weighted by atomic mass is 32.1. The van der Waals surface area contributed by atoms with Crippen LogP contribution in [0.3, 0.4) is 0 Å². The first-order valence-electron chi connectivity index (χ1n) is 3.79. The number of nitrogen functional groups attached to an aromatic ring is 1. The van der Waals surface area contributed by atoms with Crippen LogP contribution in [0.15, 0.2) is 12.4 Å². The number of nitrogens with zero attached hydrogens (tertiary/aromatic N) is 4.